The molecule has 1 aromatic heterocycles. The summed E-state index contributed by atoms with van der Waals surface area (Å²) < 4.78 is 16.8. The summed E-state index contributed by atoms with van der Waals surface area (Å²) >= 11 is 3.50. The van der Waals surface area contributed by atoms with E-state index in [1.807, 2.05) is 55.5 Å². The van der Waals surface area contributed by atoms with Crippen LogP contribution in [0.25, 0.3) is 22.6 Å². The van der Waals surface area contributed by atoms with Gasteiger partial charge < -0.3 is 13.9 Å². The summed E-state index contributed by atoms with van der Waals surface area (Å²) in [6.07, 6.45) is 0. The summed E-state index contributed by atoms with van der Waals surface area (Å²) in [4.78, 5) is 12.3. The van der Waals surface area contributed by atoms with Crippen LogP contribution < -0.4 is 4.74 Å². The van der Waals surface area contributed by atoms with Crippen LogP contribution in [0.15, 0.2) is 57.4 Å². The third-order valence-electron chi connectivity index (χ3n) is 3.91. The van der Waals surface area contributed by atoms with Gasteiger partial charge in [0.25, 0.3) is 0 Å². The van der Waals surface area contributed by atoms with Crippen molar-refractivity contribution in [2.24, 2.45) is 0 Å². The van der Waals surface area contributed by atoms with Crippen molar-refractivity contribution < 1.29 is 18.7 Å². The molecule has 0 radical (unpaired) electrons. The zero-order valence-corrected chi connectivity index (χ0v) is 15.7. The average molecular weight is 401 g/mol. The minimum Gasteiger partial charge on any atom is -0.497 e. The van der Waals surface area contributed by atoms with Crippen LogP contribution in [0.4, 0.5) is 0 Å². The van der Waals surface area contributed by atoms with Crippen molar-refractivity contribution >= 4 is 21.9 Å². The van der Waals surface area contributed by atoms with Crippen LogP contribution in [0.5, 0.6) is 5.75 Å². The molecule has 0 fully saturated rings. The molecule has 0 bridgehead atoms. The van der Waals surface area contributed by atoms with Crippen molar-refractivity contribution in [2.45, 2.75) is 6.92 Å². The molecule has 25 heavy (non-hydrogen) atoms. The number of methoxy groups -OCH3 is 2. The maximum absolute atomic E-state index is 12.3. The van der Waals surface area contributed by atoms with E-state index >= 15 is 0 Å². The minimum atomic E-state index is -0.459. The number of carbonyl (C=O) groups excluding carboxylic acids is 1. The van der Waals surface area contributed by atoms with Crippen LogP contribution in [0.2, 0.25) is 0 Å². The number of ether oxygens (including phenoxy) is 2. The predicted octanol–water partition coefficient (Wildman–Crippen LogP) is 5.48. The van der Waals surface area contributed by atoms with Crippen LogP contribution in [0.1, 0.15) is 15.9 Å². The summed E-state index contributed by atoms with van der Waals surface area (Å²) in [7, 11) is 2.96. The fraction of sp³-hybridized carbons (Fsp3) is 0.150. The zero-order chi connectivity index (χ0) is 18.0. The second-order valence-corrected chi connectivity index (χ2v) is 6.33. The molecular weight excluding hydrogens is 384 g/mol. The lowest BCUT2D eigenvalue weighted by atomic mass is 10.1. The monoisotopic (exact) mass is 400 g/mol. The number of hydrogen-bond donors (Lipinski definition) is 0. The highest BCUT2D eigenvalue weighted by Crippen LogP contribution is 2.41. The third kappa shape index (κ3) is 3.33. The Morgan fingerprint density at radius 2 is 1.48 bits per heavy atom. The number of benzene rings is 2. The van der Waals surface area contributed by atoms with E-state index in [0.29, 0.717) is 21.6 Å². The van der Waals surface area contributed by atoms with E-state index < -0.39 is 5.97 Å². The van der Waals surface area contributed by atoms with Crippen LogP contribution in [-0.2, 0) is 4.74 Å². The molecule has 5 heteroatoms. The fourth-order valence-electron chi connectivity index (χ4n) is 2.53. The first-order chi connectivity index (χ1) is 12.0. The molecule has 0 saturated carbocycles. The van der Waals surface area contributed by atoms with E-state index in [-0.39, 0.29) is 0 Å². The van der Waals surface area contributed by atoms with Crippen LogP contribution in [0, 0.1) is 6.92 Å². The van der Waals surface area contributed by atoms with Crippen molar-refractivity contribution in [1.82, 2.24) is 0 Å². The van der Waals surface area contributed by atoms with Gasteiger partial charge in [0.1, 0.15) is 17.1 Å². The van der Waals surface area contributed by atoms with E-state index in [1.165, 1.54) is 7.11 Å². The van der Waals surface area contributed by atoms with Crippen LogP contribution >= 0.6 is 15.9 Å². The Labute approximate surface area is 154 Å². The Balaban J connectivity index is 2.17. The molecule has 0 aliphatic carbocycles. The third-order valence-corrected chi connectivity index (χ3v) is 4.66. The smallest absolute Gasteiger partial charge is 0.343 e. The molecule has 0 N–H and O–H groups in total. The average Bonchev–Trinajstić information content (AvgIpc) is 2.99. The second-order valence-electron chi connectivity index (χ2n) is 5.54. The van der Waals surface area contributed by atoms with E-state index in [9.17, 15) is 4.79 Å². The molecule has 2 aromatic carbocycles. The number of carbonyl (C=O) groups is 1. The van der Waals surface area contributed by atoms with Gasteiger partial charge in [-0.05, 0) is 47.1 Å². The Bertz CT molecular complexity index is 893. The second kappa shape index (κ2) is 7.15. The van der Waals surface area contributed by atoms with Gasteiger partial charge in [0.05, 0.1) is 18.7 Å². The van der Waals surface area contributed by atoms with Crippen molar-refractivity contribution in [1.29, 1.82) is 0 Å². The number of esters is 1. The van der Waals surface area contributed by atoms with Gasteiger partial charge >= 0.3 is 5.97 Å². The van der Waals surface area contributed by atoms with Crippen molar-refractivity contribution in [3.8, 4) is 28.4 Å². The zero-order valence-electron chi connectivity index (χ0n) is 14.1. The van der Waals surface area contributed by atoms with Crippen LogP contribution in [0.3, 0.4) is 0 Å². The Morgan fingerprint density at radius 3 is 2.04 bits per heavy atom. The summed E-state index contributed by atoms with van der Waals surface area (Å²) in [5.41, 5.74) is 3.15. The first kappa shape index (κ1) is 17.3. The first-order valence-electron chi connectivity index (χ1n) is 7.67. The van der Waals surface area contributed by atoms with Crippen molar-refractivity contribution in [3.05, 3.63) is 64.1 Å². The lowest BCUT2D eigenvalue weighted by Crippen LogP contribution is -2.02. The maximum Gasteiger partial charge on any atom is 0.343 e. The van der Waals surface area contributed by atoms with Gasteiger partial charge in [-0.25, -0.2) is 4.79 Å². The highest BCUT2D eigenvalue weighted by atomic mass is 79.9. The number of furan rings is 1. The first-order valence-corrected chi connectivity index (χ1v) is 8.46. The molecule has 0 aliphatic rings. The Hall–Kier alpha value is -2.53. The molecule has 0 saturated heterocycles. The summed E-state index contributed by atoms with van der Waals surface area (Å²) in [5, 5.41) is 0. The largest absolute Gasteiger partial charge is 0.497 e. The standard InChI is InChI=1S/C20H17BrO4/c1-12-4-6-14(7-5-12)19-17(21)16(20(22)24-3)18(25-19)13-8-10-15(23-2)11-9-13/h4-11H,1-3H3. The normalized spacial score (nSPS) is 10.6. The highest BCUT2D eigenvalue weighted by Gasteiger charge is 2.26. The Morgan fingerprint density at radius 1 is 0.920 bits per heavy atom. The van der Waals surface area contributed by atoms with Gasteiger partial charge in [0.15, 0.2) is 5.76 Å². The lowest BCUT2D eigenvalue weighted by molar-refractivity contribution is 0.0600. The summed E-state index contributed by atoms with van der Waals surface area (Å²) in [6.45, 7) is 2.02. The van der Waals surface area contributed by atoms with Crippen molar-refractivity contribution in [2.75, 3.05) is 14.2 Å². The SMILES string of the molecule is COC(=O)c1c(-c2ccc(OC)cc2)oc(-c2ccc(C)cc2)c1Br. The number of aryl methyl sites for hydroxylation is 1. The van der Waals surface area contributed by atoms with Gasteiger partial charge in [0, 0.05) is 11.1 Å². The van der Waals surface area contributed by atoms with E-state index in [2.05, 4.69) is 15.9 Å². The molecule has 4 nitrogen and oxygen atoms in total. The molecule has 0 unspecified atom stereocenters. The van der Waals surface area contributed by atoms with E-state index in [4.69, 9.17) is 13.9 Å². The van der Waals surface area contributed by atoms with Gasteiger partial charge in [-0.2, -0.15) is 0 Å². The molecule has 3 rings (SSSR count). The molecular formula is C20H17BrO4. The van der Waals surface area contributed by atoms with Gasteiger partial charge in [-0.3, -0.25) is 0 Å². The van der Waals surface area contributed by atoms with E-state index in [0.717, 1.165) is 22.4 Å². The number of hydrogen-bond acceptors (Lipinski definition) is 4. The predicted molar refractivity (Wildman–Crippen MR) is 99.9 cm³/mol. The Kier molecular flexibility index (Phi) is 4.95. The summed E-state index contributed by atoms with van der Waals surface area (Å²) in [6, 6.07) is 15.2. The quantitative estimate of drug-likeness (QED) is 0.544. The fourth-order valence-corrected chi connectivity index (χ4v) is 3.18. The molecule has 128 valence electrons. The minimum absolute atomic E-state index is 0.364. The maximum atomic E-state index is 12.3. The molecule has 3 aromatic rings. The van der Waals surface area contributed by atoms with Gasteiger partial charge in [-0.1, -0.05) is 29.8 Å². The molecule has 0 spiro atoms. The molecule has 1 heterocycles. The number of halogens is 1. The van der Waals surface area contributed by atoms with Gasteiger partial charge in [0.2, 0.25) is 0 Å². The summed E-state index contributed by atoms with van der Waals surface area (Å²) in [5.74, 6) is 1.32. The van der Waals surface area contributed by atoms with Crippen LogP contribution in [-0.4, -0.2) is 20.2 Å². The highest BCUT2D eigenvalue weighted by molar-refractivity contribution is 9.10. The molecule has 0 atom stereocenters. The topological polar surface area (TPSA) is 48.7 Å². The number of rotatable bonds is 4. The van der Waals surface area contributed by atoms with Gasteiger partial charge in [-0.15, -0.1) is 0 Å². The molecule has 0 amide bonds. The van der Waals surface area contributed by atoms with E-state index in [1.54, 1.807) is 7.11 Å². The molecule has 0 aliphatic heterocycles. The lowest BCUT2D eigenvalue weighted by Gasteiger charge is -2.03. The van der Waals surface area contributed by atoms with Crippen molar-refractivity contribution in [3.63, 3.8) is 0 Å².